The molecule has 136 valence electrons. The van der Waals surface area contributed by atoms with Gasteiger partial charge < -0.3 is 4.74 Å². The third kappa shape index (κ3) is 4.61. The fraction of sp³-hybridized carbons (Fsp3) is 0.444. The van der Waals surface area contributed by atoms with E-state index < -0.39 is 10.0 Å². The number of nitrogens with zero attached hydrogens (tertiary/aromatic N) is 2. The Balaban J connectivity index is 1.47. The molecule has 2 aromatic rings. The summed E-state index contributed by atoms with van der Waals surface area (Å²) < 4.78 is 33.1. The number of sulfonamides is 1. The first kappa shape index (κ1) is 18.4. The minimum Gasteiger partial charge on any atom is -0.492 e. The van der Waals surface area contributed by atoms with Gasteiger partial charge in [0.15, 0.2) is 0 Å². The first-order valence-corrected chi connectivity index (χ1v) is 10.7. The number of aryl methyl sites for hydroxylation is 2. The van der Waals surface area contributed by atoms with Crippen LogP contribution in [0.3, 0.4) is 0 Å². The van der Waals surface area contributed by atoms with Gasteiger partial charge in [0.2, 0.25) is 0 Å². The minimum atomic E-state index is -3.34. The molecule has 0 amide bonds. The summed E-state index contributed by atoms with van der Waals surface area (Å²) in [5.41, 5.74) is 1.18. The third-order valence-electron chi connectivity index (χ3n) is 4.31. The molecule has 0 saturated carbocycles. The van der Waals surface area contributed by atoms with E-state index in [1.54, 1.807) is 10.4 Å². The van der Waals surface area contributed by atoms with Crippen molar-refractivity contribution in [3.8, 4) is 5.75 Å². The molecule has 0 unspecified atom stereocenters. The molecule has 2 heterocycles. The Morgan fingerprint density at radius 1 is 1.08 bits per heavy atom. The van der Waals surface area contributed by atoms with Gasteiger partial charge in [-0.25, -0.2) is 8.42 Å². The van der Waals surface area contributed by atoms with Crippen molar-refractivity contribution in [1.29, 1.82) is 0 Å². The Morgan fingerprint density at radius 2 is 1.84 bits per heavy atom. The fourth-order valence-corrected chi connectivity index (χ4v) is 5.73. The lowest BCUT2D eigenvalue weighted by molar-refractivity contribution is 0.159. The van der Waals surface area contributed by atoms with E-state index in [0.717, 1.165) is 30.3 Å². The lowest BCUT2D eigenvalue weighted by atomic mass is 10.2. The summed E-state index contributed by atoms with van der Waals surface area (Å²) in [6.45, 7) is 7.92. The van der Waals surface area contributed by atoms with E-state index in [-0.39, 0.29) is 0 Å². The maximum absolute atomic E-state index is 12.6. The van der Waals surface area contributed by atoms with E-state index in [4.69, 9.17) is 4.74 Å². The lowest BCUT2D eigenvalue weighted by Crippen LogP contribution is -2.49. The zero-order valence-corrected chi connectivity index (χ0v) is 16.3. The van der Waals surface area contributed by atoms with Gasteiger partial charge in [-0.1, -0.05) is 12.1 Å². The van der Waals surface area contributed by atoms with E-state index >= 15 is 0 Å². The van der Waals surface area contributed by atoms with Crippen LogP contribution in [0.1, 0.15) is 10.4 Å². The zero-order valence-electron chi connectivity index (χ0n) is 14.6. The van der Waals surface area contributed by atoms with Crippen LogP contribution >= 0.6 is 11.3 Å². The average molecular weight is 381 g/mol. The van der Waals surface area contributed by atoms with E-state index in [0.29, 0.717) is 23.9 Å². The smallest absolute Gasteiger partial charge is 0.252 e. The Labute approximate surface area is 153 Å². The molecule has 0 aliphatic carbocycles. The van der Waals surface area contributed by atoms with Gasteiger partial charge in [-0.15, -0.1) is 11.3 Å². The highest BCUT2D eigenvalue weighted by molar-refractivity contribution is 7.91. The van der Waals surface area contributed by atoms with E-state index in [1.165, 1.54) is 16.9 Å². The third-order valence-corrected chi connectivity index (χ3v) is 7.67. The number of thiophene rings is 1. The maximum Gasteiger partial charge on any atom is 0.252 e. The molecule has 0 atom stereocenters. The highest BCUT2D eigenvalue weighted by Crippen LogP contribution is 2.25. The van der Waals surface area contributed by atoms with Crippen molar-refractivity contribution >= 4 is 21.4 Å². The molecule has 7 heteroatoms. The Bertz CT molecular complexity index is 809. The zero-order chi connectivity index (χ0) is 17.9. The molecule has 0 N–H and O–H groups in total. The predicted octanol–water partition coefficient (Wildman–Crippen LogP) is 2.75. The van der Waals surface area contributed by atoms with Crippen LogP contribution in [0, 0.1) is 13.8 Å². The van der Waals surface area contributed by atoms with Gasteiger partial charge in [0.25, 0.3) is 10.0 Å². The van der Waals surface area contributed by atoms with E-state index in [9.17, 15) is 8.42 Å². The maximum atomic E-state index is 12.6. The van der Waals surface area contributed by atoms with Crippen LogP contribution in [0.4, 0.5) is 0 Å². The average Bonchev–Trinajstić information content (AvgIpc) is 3.03. The summed E-state index contributed by atoms with van der Waals surface area (Å²) >= 11 is 1.34. The molecular formula is C18H24N2O3S2. The second-order valence-electron chi connectivity index (χ2n) is 6.28. The Morgan fingerprint density at radius 3 is 2.48 bits per heavy atom. The first-order valence-electron chi connectivity index (χ1n) is 8.43. The van der Waals surface area contributed by atoms with E-state index in [1.807, 2.05) is 44.2 Å². The summed E-state index contributed by atoms with van der Waals surface area (Å²) in [5.74, 6) is 0.884. The molecule has 0 bridgehead atoms. The van der Waals surface area contributed by atoms with Gasteiger partial charge >= 0.3 is 0 Å². The molecule has 1 fully saturated rings. The fourth-order valence-electron chi connectivity index (χ4n) is 2.87. The van der Waals surface area contributed by atoms with Crippen molar-refractivity contribution in [1.82, 2.24) is 9.21 Å². The van der Waals surface area contributed by atoms with Crippen LogP contribution in [-0.2, 0) is 10.0 Å². The minimum absolute atomic E-state index is 0.446. The van der Waals surface area contributed by atoms with Crippen molar-refractivity contribution in [3.05, 3.63) is 46.8 Å². The van der Waals surface area contributed by atoms with Crippen molar-refractivity contribution in [2.45, 2.75) is 18.1 Å². The quantitative estimate of drug-likeness (QED) is 0.773. The van der Waals surface area contributed by atoms with Crippen LogP contribution in [0.2, 0.25) is 0 Å². The summed E-state index contributed by atoms with van der Waals surface area (Å²) in [4.78, 5) is 3.27. The van der Waals surface area contributed by atoms with Gasteiger partial charge in [-0.3, -0.25) is 4.90 Å². The molecular weight excluding hydrogens is 356 g/mol. The first-order chi connectivity index (χ1) is 11.9. The molecule has 1 aromatic carbocycles. The molecule has 0 radical (unpaired) electrons. The predicted molar refractivity (Wildman–Crippen MR) is 101 cm³/mol. The Kier molecular flexibility index (Phi) is 5.78. The molecule has 5 nitrogen and oxygen atoms in total. The topological polar surface area (TPSA) is 49.9 Å². The second-order valence-corrected chi connectivity index (χ2v) is 9.73. The molecule has 1 aliphatic heterocycles. The molecule has 0 spiro atoms. The molecule has 1 aliphatic rings. The SMILES string of the molecule is Cc1cccc(OCCN2CCN(S(=O)(=O)c3ccc(C)s3)CC2)c1. The molecule has 3 rings (SSSR count). The van der Waals surface area contributed by atoms with Crippen molar-refractivity contribution in [3.63, 3.8) is 0 Å². The van der Waals surface area contributed by atoms with Crippen molar-refractivity contribution in [2.75, 3.05) is 39.3 Å². The van der Waals surface area contributed by atoms with Gasteiger partial charge in [0.1, 0.15) is 16.6 Å². The lowest BCUT2D eigenvalue weighted by Gasteiger charge is -2.33. The highest BCUT2D eigenvalue weighted by atomic mass is 32.2. The van der Waals surface area contributed by atoms with Crippen LogP contribution in [0.25, 0.3) is 0 Å². The Hall–Kier alpha value is -1.41. The summed E-state index contributed by atoms with van der Waals surface area (Å²) in [6.07, 6.45) is 0. The molecule has 1 saturated heterocycles. The normalized spacial score (nSPS) is 16.9. The van der Waals surface area contributed by atoms with Gasteiger partial charge in [0, 0.05) is 37.6 Å². The number of hydrogen-bond donors (Lipinski definition) is 0. The molecule has 25 heavy (non-hydrogen) atoms. The van der Waals surface area contributed by atoms with Crippen LogP contribution in [0.15, 0.2) is 40.6 Å². The van der Waals surface area contributed by atoms with Crippen LogP contribution < -0.4 is 4.74 Å². The highest BCUT2D eigenvalue weighted by Gasteiger charge is 2.29. The van der Waals surface area contributed by atoms with Crippen molar-refractivity contribution in [2.24, 2.45) is 0 Å². The van der Waals surface area contributed by atoms with E-state index in [2.05, 4.69) is 4.90 Å². The van der Waals surface area contributed by atoms with Crippen molar-refractivity contribution < 1.29 is 13.2 Å². The molecule has 1 aromatic heterocycles. The number of piperazine rings is 1. The monoisotopic (exact) mass is 380 g/mol. The van der Waals surface area contributed by atoms with Gasteiger partial charge in [0.05, 0.1) is 0 Å². The van der Waals surface area contributed by atoms with Gasteiger partial charge in [-0.05, 0) is 43.7 Å². The van der Waals surface area contributed by atoms with Gasteiger partial charge in [-0.2, -0.15) is 4.31 Å². The second kappa shape index (κ2) is 7.86. The largest absolute Gasteiger partial charge is 0.492 e. The summed E-state index contributed by atoms with van der Waals surface area (Å²) in [6, 6.07) is 11.6. The number of ether oxygens (including phenoxy) is 1. The number of hydrogen-bond acceptors (Lipinski definition) is 5. The number of rotatable bonds is 6. The van der Waals surface area contributed by atoms with Crippen LogP contribution in [-0.4, -0.2) is 57.0 Å². The summed E-state index contributed by atoms with van der Waals surface area (Å²) in [5, 5.41) is 0. The standard InChI is InChI=1S/C18H24N2O3S2/c1-15-4-3-5-17(14-15)23-13-12-19-8-10-20(11-9-19)25(21,22)18-7-6-16(2)24-18/h3-7,14H,8-13H2,1-2H3. The summed E-state index contributed by atoms with van der Waals surface area (Å²) in [7, 11) is -3.34. The number of benzene rings is 1. The van der Waals surface area contributed by atoms with Crippen LogP contribution in [0.5, 0.6) is 5.75 Å².